The summed E-state index contributed by atoms with van der Waals surface area (Å²) in [4.78, 5) is 14.7. The second kappa shape index (κ2) is 10.6. The van der Waals surface area contributed by atoms with Crippen LogP contribution in [0.5, 0.6) is 5.75 Å². The van der Waals surface area contributed by atoms with Gasteiger partial charge in [0.25, 0.3) is 0 Å². The maximum absolute atomic E-state index is 13.3. The average molecular weight is 432 g/mol. The molecule has 1 amide bonds. The lowest BCUT2D eigenvalue weighted by Gasteiger charge is -2.30. The van der Waals surface area contributed by atoms with E-state index in [0.29, 0.717) is 31.9 Å². The molecule has 1 fully saturated rings. The van der Waals surface area contributed by atoms with Crippen LogP contribution < -0.4 is 10.1 Å². The summed E-state index contributed by atoms with van der Waals surface area (Å²) < 4.78 is 33.4. The van der Waals surface area contributed by atoms with Gasteiger partial charge in [0.2, 0.25) is 15.9 Å². The van der Waals surface area contributed by atoms with Crippen molar-refractivity contribution in [1.29, 1.82) is 0 Å². The maximum atomic E-state index is 13.3. The Kier molecular flexibility index (Phi) is 7.84. The van der Waals surface area contributed by atoms with Gasteiger partial charge in [0.05, 0.1) is 18.0 Å². The molecule has 2 aromatic carbocycles. The number of rotatable bonds is 9. The van der Waals surface area contributed by atoms with Crippen LogP contribution in [0.15, 0.2) is 59.5 Å². The van der Waals surface area contributed by atoms with E-state index in [2.05, 4.69) is 5.32 Å². The van der Waals surface area contributed by atoms with Gasteiger partial charge in [0.15, 0.2) is 0 Å². The number of benzene rings is 2. The van der Waals surface area contributed by atoms with Crippen LogP contribution in [0.2, 0.25) is 0 Å². The summed E-state index contributed by atoms with van der Waals surface area (Å²) in [6, 6.07) is 16.0. The smallest absolute Gasteiger partial charge is 0.243 e. The quantitative estimate of drug-likeness (QED) is 0.655. The zero-order chi connectivity index (χ0) is 21.4. The Hall–Kier alpha value is -2.42. The van der Waals surface area contributed by atoms with Crippen molar-refractivity contribution >= 4 is 15.9 Å². The van der Waals surface area contributed by atoms with Crippen molar-refractivity contribution in [1.82, 2.24) is 14.5 Å². The van der Waals surface area contributed by atoms with E-state index in [1.54, 1.807) is 17.0 Å². The van der Waals surface area contributed by atoms with Crippen LogP contribution in [0.3, 0.4) is 0 Å². The molecule has 1 heterocycles. The third-order valence-corrected chi connectivity index (χ3v) is 6.91. The van der Waals surface area contributed by atoms with Gasteiger partial charge in [-0.1, -0.05) is 30.3 Å². The van der Waals surface area contributed by atoms with Crippen LogP contribution in [0.25, 0.3) is 0 Å². The number of hydrogen-bond donors (Lipinski definition) is 1. The molecule has 2 aromatic rings. The molecule has 0 saturated carbocycles. The number of nitrogens with one attached hydrogen (secondary N) is 1. The van der Waals surface area contributed by atoms with Crippen molar-refractivity contribution in [2.75, 3.05) is 45.9 Å². The normalized spacial score (nSPS) is 14.7. The molecule has 0 atom stereocenters. The van der Waals surface area contributed by atoms with Crippen molar-refractivity contribution in [3.8, 4) is 5.75 Å². The molecule has 1 aliphatic rings. The summed E-state index contributed by atoms with van der Waals surface area (Å²) in [7, 11) is -3.82. The van der Waals surface area contributed by atoms with E-state index in [4.69, 9.17) is 4.74 Å². The van der Waals surface area contributed by atoms with E-state index in [-0.39, 0.29) is 23.9 Å². The molecule has 0 aliphatic carbocycles. The van der Waals surface area contributed by atoms with Gasteiger partial charge in [0.1, 0.15) is 5.75 Å². The minimum absolute atomic E-state index is 0.159. The van der Waals surface area contributed by atoms with Crippen LogP contribution in [0.4, 0.5) is 0 Å². The summed E-state index contributed by atoms with van der Waals surface area (Å²) in [6.45, 7) is 5.08. The first-order valence-electron chi connectivity index (χ1n) is 10.3. The highest BCUT2D eigenvalue weighted by atomic mass is 32.2. The molecule has 7 nitrogen and oxygen atoms in total. The van der Waals surface area contributed by atoms with Gasteiger partial charge in [-0.25, -0.2) is 8.42 Å². The van der Waals surface area contributed by atoms with E-state index in [0.717, 1.165) is 18.7 Å². The van der Waals surface area contributed by atoms with Crippen LogP contribution in [-0.4, -0.2) is 69.4 Å². The van der Waals surface area contributed by atoms with Gasteiger partial charge in [-0.3, -0.25) is 4.79 Å². The Balaban J connectivity index is 1.79. The fourth-order valence-corrected chi connectivity index (χ4v) is 4.76. The summed E-state index contributed by atoms with van der Waals surface area (Å²) >= 11 is 0. The molecular weight excluding hydrogens is 402 g/mol. The van der Waals surface area contributed by atoms with Gasteiger partial charge in [-0.2, -0.15) is 4.31 Å². The zero-order valence-electron chi connectivity index (χ0n) is 17.3. The third kappa shape index (κ3) is 5.81. The molecule has 1 saturated heterocycles. The molecular formula is C22H29N3O4S. The predicted octanol–water partition coefficient (Wildman–Crippen LogP) is 1.75. The average Bonchev–Trinajstić information content (AvgIpc) is 2.78. The Morgan fingerprint density at radius 2 is 1.73 bits per heavy atom. The predicted molar refractivity (Wildman–Crippen MR) is 116 cm³/mol. The largest absolute Gasteiger partial charge is 0.494 e. The lowest BCUT2D eigenvalue weighted by atomic mass is 10.1. The first kappa shape index (κ1) is 22.3. The van der Waals surface area contributed by atoms with Gasteiger partial charge >= 0.3 is 0 Å². The third-order valence-electron chi connectivity index (χ3n) is 5.05. The van der Waals surface area contributed by atoms with Crippen molar-refractivity contribution in [2.24, 2.45) is 0 Å². The molecule has 0 spiro atoms. The van der Waals surface area contributed by atoms with E-state index >= 15 is 0 Å². The number of ether oxygens (including phenoxy) is 1. The van der Waals surface area contributed by atoms with Gasteiger partial charge in [-0.15, -0.1) is 0 Å². The van der Waals surface area contributed by atoms with E-state index < -0.39 is 10.0 Å². The molecule has 3 rings (SSSR count). The molecule has 1 N–H and O–H groups in total. The number of piperazine rings is 1. The zero-order valence-corrected chi connectivity index (χ0v) is 18.1. The van der Waals surface area contributed by atoms with E-state index in [1.807, 2.05) is 37.3 Å². The second-order valence-corrected chi connectivity index (χ2v) is 9.05. The molecule has 0 aromatic heterocycles. The van der Waals surface area contributed by atoms with E-state index in [9.17, 15) is 13.2 Å². The van der Waals surface area contributed by atoms with Crippen LogP contribution in [0.1, 0.15) is 12.5 Å². The molecule has 30 heavy (non-hydrogen) atoms. The Morgan fingerprint density at radius 3 is 2.37 bits per heavy atom. The fraction of sp³-hybridized carbons (Fsp3) is 0.409. The highest BCUT2D eigenvalue weighted by molar-refractivity contribution is 7.89. The molecule has 0 unspecified atom stereocenters. The monoisotopic (exact) mass is 431 g/mol. The number of sulfonamides is 1. The van der Waals surface area contributed by atoms with Crippen LogP contribution in [-0.2, 0) is 21.2 Å². The molecule has 8 heteroatoms. The van der Waals surface area contributed by atoms with Crippen LogP contribution in [0, 0.1) is 0 Å². The highest BCUT2D eigenvalue weighted by Gasteiger charge is 2.28. The standard InChI is InChI=1S/C22H29N3O4S/c1-2-29-20-8-10-21(11-9-20)30(27,28)25(15-12-19-6-4-3-5-7-19)18-22(26)24-16-13-23-14-17-24/h3-11,23H,2,12-18H2,1H3. The number of hydrogen-bond acceptors (Lipinski definition) is 5. The van der Waals surface area contributed by atoms with Gasteiger partial charge in [-0.05, 0) is 43.2 Å². The topological polar surface area (TPSA) is 79.0 Å². The highest BCUT2D eigenvalue weighted by Crippen LogP contribution is 2.20. The second-order valence-electron chi connectivity index (χ2n) is 7.11. The Morgan fingerprint density at radius 1 is 1.07 bits per heavy atom. The van der Waals surface area contributed by atoms with Crippen LogP contribution >= 0.6 is 0 Å². The van der Waals surface area contributed by atoms with Crippen molar-refractivity contribution < 1.29 is 17.9 Å². The summed E-state index contributed by atoms with van der Waals surface area (Å²) in [6.07, 6.45) is 0.534. The minimum atomic E-state index is -3.82. The van der Waals surface area contributed by atoms with Crippen molar-refractivity contribution in [2.45, 2.75) is 18.2 Å². The Bertz CT molecular complexity index is 911. The van der Waals surface area contributed by atoms with Crippen molar-refractivity contribution in [3.63, 3.8) is 0 Å². The number of amides is 1. The molecule has 0 radical (unpaired) electrons. The van der Waals surface area contributed by atoms with Gasteiger partial charge in [0, 0.05) is 32.7 Å². The van der Waals surface area contributed by atoms with Gasteiger partial charge < -0.3 is 15.0 Å². The molecule has 162 valence electrons. The number of nitrogens with zero attached hydrogens (tertiary/aromatic N) is 2. The minimum Gasteiger partial charge on any atom is -0.494 e. The lowest BCUT2D eigenvalue weighted by molar-refractivity contribution is -0.131. The first-order valence-corrected chi connectivity index (χ1v) is 11.7. The van der Waals surface area contributed by atoms with E-state index in [1.165, 1.54) is 16.4 Å². The number of carbonyl (C=O) groups is 1. The molecule has 1 aliphatic heterocycles. The SMILES string of the molecule is CCOc1ccc(S(=O)(=O)N(CCc2ccccc2)CC(=O)N2CCNCC2)cc1. The maximum Gasteiger partial charge on any atom is 0.243 e. The summed E-state index contributed by atoms with van der Waals surface area (Å²) in [5.74, 6) is 0.447. The lowest BCUT2D eigenvalue weighted by Crippen LogP contribution is -2.50. The first-order chi connectivity index (χ1) is 14.5. The van der Waals surface area contributed by atoms with Crippen molar-refractivity contribution in [3.05, 3.63) is 60.2 Å². The summed E-state index contributed by atoms with van der Waals surface area (Å²) in [5, 5.41) is 3.20. The number of carbonyl (C=O) groups excluding carboxylic acids is 1. The summed E-state index contributed by atoms with van der Waals surface area (Å²) in [5.41, 5.74) is 1.03. The molecule has 0 bridgehead atoms. The fourth-order valence-electron chi connectivity index (χ4n) is 3.37. The Labute approximate surface area is 178 Å².